The predicted octanol–water partition coefficient (Wildman–Crippen LogP) is -0.906. The van der Waals surface area contributed by atoms with E-state index in [1.54, 1.807) is 0 Å². The van der Waals surface area contributed by atoms with E-state index >= 15 is 0 Å². The second-order valence-electron chi connectivity index (χ2n) is 2.82. The van der Waals surface area contributed by atoms with E-state index in [1.807, 2.05) is 0 Å². The van der Waals surface area contributed by atoms with Crippen LogP contribution in [0.1, 0.15) is 5.56 Å². The Labute approximate surface area is 84.2 Å². The molecule has 78 valence electrons. The van der Waals surface area contributed by atoms with Gasteiger partial charge in [0.2, 0.25) is 0 Å². The second-order valence-corrected chi connectivity index (χ2v) is 3.23. The minimum Gasteiger partial charge on any atom is -0.556 e. The van der Waals surface area contributed by atoms with Crippen molar-refractivity contribution in [1.29, 1.82) is 0 Å². The molecule has 4 nitrogen and oxygen atoms in total. The maximum atomic E-state index is 13.3. The number of aliphatic hydroxyl groups is 1. The van der Waals surface area contributed by atoms with Gasteiger partial charge in [0, 0.05) is 10.6 Å². The topological polar surface area (TPSA) is 80.9 Å². The first-order valence-electron chi connectivity index (χ1n) is 3.77. The van der Waals surface area contributed by atoms with Crippen LogP contribution in [0.15, 0.2) is 12.1 Å². The summed E-state index contributed by atoms with van der Waals surface area (Å²) >= 11 is 5.51. The number of halogens is 2. The van der Waals surface area contributed by atoms with Crippen LogP contribution < -0.4 is 5.46 Å². The predicted molar refractivity (Wildman–Crippen MR) is 49.4 cm³/mol. The van der Waals surface area contributed by atoms with E-state index in [0.29, 0.717) is 0 Å². The van der Waals surface area contributed by atoms with E-state index in [-0.39, 0.29) is 10.6 Å². The van der Waals surface area contributed by atoms with Crippen LogP contribution in [0.3, 0.4) is 0 Å². The smallest absolute Gasteiger partial charge is 0.405 e. The van der Waals surface area contributed by atoms with E-state index in [4.69, 9.17) is 31.8 Å². The average molecular weight is 221 g/mol. The van der Waals surface area contributed by atoms with Crippen molar-refractivity contribution in [1.82, 2.24) is 0 Å². The van der Waals surface area contributed by atoms with Crippen molar-refractivity contribution in [3.63, 3.8) is 0 Å². The molecule has 0 aromatic heterocycles. The Morgan fingerprint density at radius 2 is 1.86 bits per heavy atom. The summed E-state index contributed by atoms with van der Waals surface area (Å²) in [6, 6.07) is 2.10. The van der Waals surface area contributed by atoms with Crippen molar-refractivity contribution >= 4 is 23.8 Å². The molecule has 1 rings (SSSR count). The van der Waals surface area contributed by atoms with Gasteiger partial charge in [-0.05, 0) is 6.07 Å². The molecular weight excluding hydrogens is 213 g/mol. The lowest BCUT2D eigenvalue weighted by atomic mass is 9.70. The average Bonchev–Trinajstić information content (AvgIpc) is 2.02. The Morgan fingerprint density at radius 3 is 2.29 bits per heavy atom. The fraction of sp³-hybridized carbons (Fsp3) is 0.143. The van der Waals surface area contributed by atoms with Gasteiger partial charge in [-0.3, -0.25) is 0 Å². The molecule has 0 aliphatic rings. The molecule has 0 saturated heterocycles. The van der Waals surface area contributed by atoms with Crippen molar-refractivity contribution in [2.45, 2.75) is 6.61 Å². The van der Waals surface area contributed by atoms with E-state index in [9.17, 15) is 4.39 Å². The largest absolute Gasteiger partial charge is 0.556 e. The van der Waals surface area contributed by atoms with Gasteiger partial charge in [-0.1, -0.05) is 23.1 Å². The fourth-order valence-corrected chi connectivity index (χ4v) is 1.27. The highest BCUT2D eigenvalue weighted by atomic mass is 35.5. The van der Waals surface area contributed by atoms with Gasteiger partial charge in [-0.2, -0.15) is 0 Å². The summed E-state index contributed by atoms with van der Waals surface area (Å²) in [5, 5.41) is 35.0. The normalized spacial score (nSPS) is 11.9. The molecule has 0 radical (unpaired) electrons. The van der Waals surface area contributed by atoms with Crippen molar-refractivity contribution < 1.29 is 24.6 Å². The zero-order valence-corrected chi connectivity index (χ0v) is 7.74. The number of benzene rings is 1. The molecule has 0 atom stereocenters. The molecule has 7 heteroatoms. The van der Waals surface area contributed by atoms with Crippen molar-refractivity contribution in [3.05, 3.63) is 28.5 Å². The van der Waals surface area contributed by atoms with Gasteiger partial charge in [-0.15, -0.1) is 0 Å². The van der Waals surface area contributed by atoms with Crippen LogP contribution in [0, 0.1) is 5.82 Å². The van der Waals surface area contributed by atoms with Gasteiger partial charge in [0.25, 0.3) is 0 Å². The molecule has 14 heavy (non-hydrogen) atoms. The molecule has 0 saturated carbocycles. The first-order chi connectivity index (χ1) is 6.38. The van der Waals surface area contributed by atoms with Crippen LogP contribution in [0.4, 0.5) is 4.39 Å². The lowest BCUT2D eigenvalue weighted by Crippen LogP contribution is -2.50. The van der Waals surface area contributed by atoms with Crippen LogP contribution in [-0.2, 0) is 6.61 Å². The molecular formula is C7H8BClFO4-. The Kier molecular flexibility index (Phi) is 3.13. The third kappa shape index (κ3) is 2.05. The number of rotatable bonds is 2. The Morgan fingerprint density at radius 1 is 1.29 bits per heavy atom. The van der Waals surface area contributed by atoms with E-state index in [0.717, 1.165) is 12.1 Å². The Hall–Kier alpha value is -0.655. The van der Waals surface area contributed by atoms with Crippen LogP contribution in [-0.4, -0.2) is 26.9 Å². The van der Waals surface area contributed by atoms with Gasteiger partial charge in [0.1, 0.15) is 5.82 Å². The molecule has 0 aliphatic carbocycles. The first-order valence-corrected chi connectivity index (χ1v) is 4.15. The summed E-state index contributed by atoms with van der Waals surface area (Å²) in [6.45, 7) is -4.61. The summed E-state index contributed by atoms with van der Waals surface area (Å²) in [7, 11) is 0. The number of hydrogen-bond donors (Lipinski definition) is 4. The molecule has 4 N–H and O–H groups in total. The number of hydrogen-bond acceptors (Lipinski definition) is 4. The Bertz CT molecular complexity index is 352. The van der Waals surface area contributed by atoms with Crippen LogP contribution in [0.5, 0.6) is 0 Å². The molecule has 0 fully saturated rings. The highest BCUT2D eigenvalue weighted by Crippen LogP contribution is 2.18. The Balaban J connectivity index is 3.36. The quantitative estimate of drug-likeness (QED) is 0.488. The van der Waals surface area contributed by atoms with Gasteiger partial charge >= 0.3 is 6.75 Å². The molecule has 0 spiro atoms. The van der Waals surface area contributed by atoms with E-state index < -0.39 is 24.6 Å². The lowest BCUT2D eigenvalue weighted by Gasteiger charge is -2.23. The van der Waals surface area contributed by atoms with E-state index in [2.05, 4.69) is 0 Å². The molecule has 0 heterocycles. The second kappa shape index (κ2) is 3.84. The van der Waals surface area contributed by atoms with Crippen LogP contribution in [0.25, 0.3) is 0 Å². The summed E-state index contributed by atoms with van der Waals surface area (Å²) in [5.41, 5.74) is -0.981. The van der Waals surface area contributed by atoms with Crippen molar-refractivity contribution in [2.75, 3.05) is 0 Å². The maximum absolute atomic E-state index is 13.3. The van der Waals surface area contributed by atoms with Crippen LogP contribution >= 0.6 is 11.6 Å². The first kappa shape index (κ1) is 11.4. The standard InChI is InChI=1S/C7H8BClFO4/c9-6-2-1-5(8(12,13)14)7(10)4(6)3-11/h1-2,11-14H,3H2/q-1. The third-order valence-corrected chi connectivity index (χ3v) is 2.15. The summed E-state index contributed by atoms with van der Waals surface area (Å²) in [6.07, 6.45) is 0. The molecule has 0 unspecified atom stereocenters. The summed E-state index contributed by atoms with van der Waals surface area (Å²) < 4.78 is 13.3. The lowest BCUT2D eigenvalue weighted by molar-refractivity contribution is 0.247. The van der Waals surface area contributed by atoms with Crippen molar-refractivity contribution in [3.8, 4) is 0 Å². The number of aliphatic hydroxyl groups excluding tert-OH is 1. The zero-order valence-electron chi connectivity index (χ0n) is 6.98. The molecule has 0 bridgehead atoms. The SMILES string of the molecule is OCc1c(Cl)ccc([B-](O)(O)O)c1F. The van der Waals surface area contributed by atoms with E-state index in [1.165, 1.54) is 0 Å². The highest BCUT2D eigenvalue weighted by molar-refractivity contribution is 6.71. The molecule has 1 aromatic carbocycles. The van der Waals surface area contributed by atoms with Gasteiger partial charge in [0.15, 0.2) is 0 Å². The summed E-state index contributed by atoms with van der Waals surface area (Å²) in [5.74, 6) is -1.12. The maximum Gasteiger partial charge on any atom is 0.405 e. The fourth-order valence-electron chi connectivity index (χ4n) is 1.06. The third-order valence-electron chi connectivity index (χ3n) is 1.79. The highest BCUT2D eigenvalue weighted by Gasteiger charge is 2.24. The molecule has 0 aliphatic heterocycles. The minimum absolute atomic E-state index is 0.0474. The van der Waals surface area contributed by atoms with Crippen LogP contribution in [0.2, 0.25) is 5.02 Å². The summed E-state index contributed by atoms with van der Waals surface area (Å²) in [4.78, 5) is 0. The van der Waals surface area contributed by atoms with Crippen molar-refractivity contribution in [2.24, 2.45) is 0 Å². The van der Waals surface area contributed by atoms with Gasteiger partial charge < -0.3 is 20.2 Å². The monoisotopic (exact) mass is 221 g/mol. The molecule has 0 amide bonds. The van der Waals surface area contributed by atoms with Gasteiger partial charge in [0.05, 0.1) is 6.61 Å². The zero-order chi connectivity index (χ0) is 10.9. The molecule has 1 aromatic rings. The minimum atomic E-state index is -3.92. The van der Waals surface area contributed by atoms with Gasteiger partial charge in [-0.25, -0.2) is 4.39 Å².